The summed E-state index contributed by atoms with van der Waals surface area (Å²) in [6, 6.07) is 13.6. The molecule has 0 saturated heterocycles. The monoisotopic (exact) mass is 352 g/mol. The van der Waals surface area contributed by atoms with E-state index in [0.717, 1.165) is 5.56 Å². The van der Waals surface area contributed by atoms with Crippen molar-refractivity contribution in [2.24, 2.45) is 0 Å². The van der Waals surface area contributed by atoms with Crippen LogP contribution in [0.25, 0.3) is 6.08 Å². The lowest BCUT2D eigenvalue weighted by Crippen LogP contribution is -2.09. The van der Waals surface area contributed by atoms with Gasteiger partial charge in [0.15, 0.2) is 0 Å². The van der Waals surface area contributed by atoms with Crippen molar-refractivity contribution in [1.82, 2.24) is 0 Å². The Morgan fingerprint density at radius 1 is 1.00 bits per heavy atom. The average molecular weight is 352 g/mol. The van der Waals surface area contributed by atoms with E-state index in [0.29, 0.717) is 23.5 Å². The first kappa shape index (κ1) is 18.9. The number of hydrogen-bond acceptors (Lipinski definition) is 4. The molecule has 0 fully saturated rings. The van der Waals surface area contributed by atoms with Crippen LogP contribution in [0.1, 0.15) is 29.8 Å². The molecule has 0 spiro atoms. The van der Waals surface area contributed by atoms with Gasteiger partial charge in [-0.25, -0.2) is 4.79 Å². The molecule has 0 aliphatic rings. The van der Waals surface area contributed by atoms with Crippen LogP contribution in [-0.2, 0) is 14.3 Å². The molecule has 2 aromatic carbocycles. The Bertz CT molecular complexity index is 826. The van der Waals surface area contributed by atoms with Crippen LogP contribution in [0.4, 0.5) is 11.4 Å². The van der Waals surface area contributed by atoms with E-state index >= 15 is 0 Å². The average Bonchev–Trinajstić information content (AvgIpc) is 2.61. The first-order valence-corrected chi connectivity index (χ1v) is 8.12. The predicted molar refractivity (Wildman–Crippen MR) is 101 cm³/mol. The lowest BCUT2D eigenvalue weighted by molar-refractivity contribution is -0.114. The van der Waals surface area contributed by atoms with Gasteiger partial charge < -0.3 is 15.4 Å². The van der Waals surface area contributed by atoms with E-state index in [1.807, 2.05) is 0 Å². The standard InChI is InChI=1S/C20H20N2O4/c1-3-26-20(25)16-5-4-6-18(13-16)22-19(24)12-9-15-7-10-17(11-8-15)21-14(2)23/h4-13H,3H2,1-2H3,(H,21,23)(H,22,24)/b12-9+. The summed E-state index contributed by atoms with van der Waals surface area (Å²) in [5.74, 6) is -0.895. The zero-order chi connectivity index (χ0) is 18.9. The molecule has 0 bridgehead atoms. The quantitative estimate of drug-likeness (QED) is 0.616. The van der Waals surface area contributed by atoms with Crippen molar-refractivity contribution in [2.75, 3.05) is 17.2 Å². The van der Waals surface area contributed by atoms with E-state index in [1.54, 1.807) is 61.5 Å². The molecule has 0 unspecified atom stereocenters. The summed E-state index contributed by atoms with van der Waals surface area (Å²) in [4.78, 5) is 34.7. The summed E-state index contributed by atoms with van der Waals surface area (Å²) in [6.07, 6.45) is 3.05. The smallest absolute Gasteiger partial charge is 0.338 e. The number of carbonyl (C=O) groups is 3. The number of rotatable bonds is 6. The van der Waals surface area contributed by atoms with E-state index in [-0.39, 0.29) is 11.8 Å². The van der Waals surface area contributed by atoms with Crippen LogP contribution in [0, 0.1) is 0 Å². The Kier molecular flexibility index (Phi) is 6.68. The second-order valence-corrected chi connectivity index (χ2v) is 5.43. The molecule has 0 saturated carbocycles. The first-order valence-electron chi connectivity index (χ1n) is 8.12. The van der Waals surface area contributed by atoms with Gasteiger partial charge in [0.1, 0.15) is 0 Å². The van der Waals surface area contributed by atoms with Crippen LogP contribution in [-0.4, -0.2) is 24.4 Å². The molecule has 2 aromatic rings. The van der Waals surface area contributed by atoms with E-state index in [9.17, 15) is 14.4 Å². The maximum Gasteiger partial charge on any atom is 0.338 e. The Morgan fingerprint density at radius 3 is 2.38 bits per heavy atom. The molecule has 6 nitrogen and oxygen atoms in total. The predicted octanol–water partition coefficient (Wildman–Crippen LogP) is 3.47. The van der Waals surface area contributed by atoms with Crippen molar-refractivity contribution >= 4 is 35.2 Å². The minimum atomic E-state index is -0.432. The van der Waals surface area contributed by atoms with Crippen LogP contribution in [0.3, 0.4) is 0 Å². The van der Waals surface area contributed by atoms with E-state index in [1.165, 1.54) is 13.0 Å². The van der Waals surface area contributed by atoms with Gasteiger partial charge in [0.25, 0.3) is 0 Å². The van der Waals surface area contributed by atoms with Crippen molar-refractivity contribution < 1.29 is 19.1 Å². The molecule has 0 aromatic heterocycles. The second-order valence-electron chi connectivity index (χ2n) is 5.43. The molecule has 134 valence electrons. The van der Waals surface area contributed by atoms with Gasteiger partial charge in [-0.05, 0) is 48.9 Å². The number of ether oxygens (including phenoxy) is 1. The van der Waals surface area contributed by atoms with Gasteiger partial charge in [0, 0.05) is 24.4 Å². The van der Waals surface area contributed by atoms with Crippen molar-refractivity contribution in [2.45, 2.75) is 13.8 Å². The summed E-state index contributed by atoms with van der Waals surface area (Å²) < 4.78 is 4.94. The summed E-state index contributed by atoms with van der Waals surface area (Å²) in [5.41, 5.74) is 2.39. The molecule has 26 heavy (non-hydrogen) atoms. The van der Waals surface area contributed by atoms with Gasteiger partial charge in [0.2, 0.25) is 11.8 Å². The van der Waals surface area contributed by atoms with E-state index < -0.39 is 5.97 Å². The Balaban J connectivity index is 1.97. The summed E-state index contributed by atoms with van der Waals surface area (Å²) >= 11 is 0. The fourth-order valence-corrected chi connectivity index (χ4v) is 2.18. The summed E-state index contributed by atoms with van der Waals surface area (Å²) in [7, 11) is 0. The Labute approximate surface area is 151 Å². The van der Waals surface area contributed by atoms with Gasteiger partial charge in [-0.2, -0.15) is 0 Å². The highest BCUT2D eigenvalue weighted by Crippen LogP contribution is 2.13. The minimum absolute atomic E-state index is 0.141. The molecule has 2 rings (SSSR count). The van der Waals surface area contributed by atoms with Crippen molar-refractivity contribution in [3.8, 4) is 0 Å². The molecular weight excluding hydrogens is 332 g/mol. The lowest BCUT2D eigenvalue weighted by Gasteiger charge is -2.05. The van der Waals surface area contributed by atoms with Gasteiger partial charge in [-0.1, -0.05) is 18.2 Å². The van der Waals surface area contributed by atoms with Crippen LogP contribution in [0.5, 0.6) is 0 Å². The lowest BCUT2D eigenvalue weighted by atomic mass is 10.2. The van der Waals surface area contributed by atoms with Crippen LogP contribution < -0.4 is 10.6 Å². The highest BCUT2D eigenvalue weighted by molar-refractivity contribution is 6.02. The number of amides is 2. The number of nitrogens with one attached hydrogen (secondary N) is 2. The number of anilines is 2. The van der Waals surface area contributed by atoms with Crippen molar-refractivity contribution in [3.63, 3.8) is 0 Å². The summed E-state index contributed by atoms with van der Waals surface area (Å²) in [6.45, 7) is 3.46. The topological polar surface area (TPSA) is 84.5 Å². The van der Waals surface area contributed by atoms with Crippen molar-refractivity contribution in [1.29, 1.82) is 0 Å². The molecule has 2 amide bonds. The normalized spacial score (nSPS) is 10.4. The zero-order valence-corrected chi connectivity index (χ0v) is 14.6. The largest absolute Gasteiger partial charge is 0.462 e. The Hall–Kier alpha value is -3.41. The SMILES string of the molecule is CCOC(=O)c1cccc(NC(=O)/C=C/c2ccc(NC(C)=O)cc2)c1. The second kappa shape index (κ2) is 9.17. The van der Waals surface area contributed by atoms with Gasteiger partial charge in [-0.15, -0.1) is 0 Å². The van der Waals surface area contributed by atoms with E-state index in [2.05, 4.69) is 10.6 Å². The maximum absolute atomic E-state index is 12.0. The minimum Gasteiger partial charge on any atom is -0.462 e. The zero-order valence-electron chi connectivity index (χ0n) is 14.6. The molecule has 6 heteroatoms. The summed E-state index contributed by atoms with van der Waals surface area (Å²) in [5, 5.41) is 5.37. The van der Waals surface area contributed by atoms with Gasteiger partial charge in [0.05, 0.1) is 12.2 Å². The van der Waals surface area contributed by atoms with Crippen LogP contribution >= 0.6 is 0 Å². The van der Waals surface area contributed by atoms with Crippen LogP contribution in [0.15, 0.2) is 54.6 Å². The highest BCUT2D eigenvalue weighted by atomic mass is 16.5. The Morgan fingerprint density at radius 2 is 1.73 bits per heavy atom. The van der Waals surface area contributed by atoms with E-state index in [4.69, 9.17) is 4.74 Å². The first-order chi connectivity index (χ1) is 12.5. The third-order valence-electron chi connectivity index (χ3n) is 3.30. The molecule has 0 aliphatic heterocycles. The van der Waals surface area contributed by atoms with Gasteiger partial charge in [-0.3, -0.25) is 9.59 Å². The maximum atomic E-state index is 12.0. The molecule has 0 radical (unpaired) electrons. The number of esters is 1. The van der Waals surface area contributed by atoms with Gasteiger partial charge >= 0.3 is 5.97 Å². The van der Waals surface area contributed by atoms with Crippen molar-refractivity contribution in [3.05, 3.63) is 65.7 Å². The fourth-order valence-electron chi connectivity index (χ4n) is 2.18. The molecule has 0 heterocycles. The highest BCUT2D eigenvalue weighted by Gasteiger charge is 2.07. The third kappa shape index (κ3) is 5.90. The molecule has 0 aliphatic carbocycles. The number of hydrogen-bond donors (Lipinski definition) is 2. The number of carbonyl (C=O) groups excluding carboxylic acids is 3. The molecule has 0 atom stereocenters. The third-order valence-corrected chi connectivity index (χ3v) is 3.30. The molecule has 2 N–H and O–H groups in total. The fraction of sp³-hybridized carbons (Fsp3) is 0.150. The number of benzene rings is 2. The van der Waals surface area contributed by atoms with Crippen LogP contribution in [0.2, 0.25) is 0 Å². The molecular formula is C20H20N2O4.